The zero-order valence-electron chi connectivity index (χ0n) is 9.36. The maximum atomic E-state index is 11.9. The minimum atomic E-state index is -1.44. The lowest BCUT2D eigenvalue weighted by atomic mass is 10.0. The topological polar surface area (TPSA) is 89.8 Å². The van der Waals surface area contributed by atoms with Crippen molar-refractivity contribution in [2.45, 2.75) is 5.54 Å². The Balaban J connectivity index is 2.90. The number of aliphatic hydroxyl groups is 3. The SMILES string of the molecule is O=C(NC(CO)(CO)CO)c1ccc(Cl)c(Br)c1. The predicted octanol–water partition coefficient (Wildman–Crippen LogP) is 0.548. The van der Waals surface area contributed by atoms with Crippen LogP contribution in [-0.2, 0) is 0 Å². The van der Waals surface area contributed by atoms with Crippen molar-refractivity contribution in [3.8, 4) is 0 Å². The Bertz CT molecular complexity index is 429. The van der Waals surface area contributed by atoms with Crippen LogP contribution in [0.1, 0.15) is 10.4 Å². The highest BCUT2D eigenvalue weighted by molar-refractivity contribution is 9.10. The molecule has 0 aromatic heterocycles. The highest BCUT2D eigenvalue weighted by Crippen LogP contribution is 2.23. The van der Waals surface area contributed by atoms with Gasteiger partial charge in [0.25, 0.3) is 5.91 Å². The molecule has 0 saturated heterocycles. The molecule has 1 rings (SSSR count). The molecule has 4 N–H and O–H groups in total. The molecule has 0 spiro atoms. The predicted molar refractivity (Wildman–Crippen MR) is 70.6 cm³/mol. The maximum Gasteiger partial charge on any atom is 0.251 e. The molecule has 0 heterocycles. The van der Waals surface area contributed by atoms with E-state index in [0.29, 0.717) is 15.1 Å². The second-order valence-electron chi connectivity index (χ2n) is 3.84. The van der Waals surface area contributed by atoms with Gasteiger partial charge in [-0.1, -0.05) is 11.6 Å². The lowest BCUT2D eigenvalue weighted by molar-refractivity contribution is 0.0375. The van der Waals surface area contributed by atoms with E-state index < -0.39 is 31.3 Å². The number of benzene rings is 1. The van der Waals surface area contributed by atoms with Gasteiger partial charge in [0.2, 0.25) is 0 Å². The molecule has 18 heavy (non-hydrogen) atoms. The average Bonchev–Trinajstić information content (AvgIpc) is 2.39. The molecule has 0 aliphatic rings. The van der Waals surface area contributed by atoms with Crippen LogP contribution in [0.25, 0.3) is 0 Å². The van der Waals surface area contributed by atoms with Crippen LogP contribution in [0, 0.1) is 0 Å². The number of aliphatic hydroxyl groups excluding tert-OH is 3. The van der Waals surface area contributed by atoms with Crippen molar-refractivity contribution in [3.63, 3.8) is 0 Å². The molecule has 0 aliphatic carbocycles. The minimum Gasteiger partial charge on any atom is -0.394 e. The Morgan fingerprint density at radius 1 is 1.28 bits per heavy atom. The van der Waals surface area contributed by atoms with Crippen LogP contribution in [-0.4, -0.2) is 46.6 Å². The second-order valence-corrected chi connectivity index (χ2v) is 5.10. The lowest BCUT2D eigenvalue weighted by Crippen LogP contribution is -2.57. The third-order valence-electron chi connectivity index (χ3n) is 2.47. The normalized spacial score (nSPS) is 11.4. The molecule has 1 amide bonds. The van der Waals surface area contributed by atoms with Crippen molar-refractivity contribution in [1.82, 2.24) is 5.32 Å². The Morgan fingerprint density at radius 3 is 2.28 bits per heavy atom. The molecule has 0 saturated carbocycles. The van der Waals surface area contributed by atoms with E-state index in [-0.39, 0.29) is 0 Å². The number of amides is 1. The largest absolute Gasteiger partial charge is 0.394 e. The molecule has 0 unspecified atom stereocenters. The Kier molecular flexibility index (Phi) is 5.55. The lowest BCUT2D eigenvalue weighted by Gasteiger charge is -2.28. The van der Waals surface area contributed by atoms with E-state index in [1.54, 1.807) is 6.07 Å². The molecule has 7 heteroatoms. The van der Waals surface area contributed by atoms with Crippen LogP contribution in [0.5, 0.6) is 0 Å². The van der Waals surface area contributed by atoms with E-state index in [2.05, 4.69) is 21.2 Å². The molecule has 0 atom stereocenters. The summed E-state index contributed by atoms with van der Waals surface area (Å²) in [6.07, 6.45) is 0. The summed E-state index contributed by atoms with van der Waals surface area (Å²) in [6.45, 7) is -1.71. The summed E-state index contributed by atoms with van der Waals surface area (Å²) in [5.41, 5.74) is -1.14. The molecule has 5 nitrogen and oxygen atoms in total. The summed E-state index contributed by atoms with van der Waals surface area (Å²) in [4.78, 5) is 11.9. The third kappa shape index (κ3) is 3.43. The Labute approximate surface area is 118 Å². The smallest absolute Gasteiger partial charge is 0.251 e. The van der Waals surface area contributed by atoms with Gasteiger partial charge in [-0.15, -0.1) is 0 Å². The summed E-state index contributed by atoms with van der Waals surface area (Å²) < 4.78 is 0.555. The fourth-order valence-electron chi connectivity index (χ4n) is 1.22. The fourth-order valence-corrected chi connectivity index (χ4v) is 1.72. The molecule has 1 aromatic rings. The zero-order chi connectivity index (χ0) is 13.8. The van der Waals surface area contributed by atoms with Gasteiger partial charge < -0.3 is 20.6 Å². The molecule has 0 radical (unpaired) electrons. The van der Waals surface area contributed by atoms with E-state index in [0.717, 1.165) is 0 Å². The number of rotatable bonds is 5. The number of nitrogens with one attached hydrogen (secondary N) is 1. The van der Waals surface area contributed by atoms with Gasteiger partial charge in [-0.3, -0.25) is 4.79 Å². The summed E-state index contributed by atoms with van der Waals surface area (Å²) in [5, 5.41) is 30.2. The van der Waals surface area contributed by atoms with E-state index in [1.807, 2.05) is 0 Å². The first-order valence-corrected chi connectivity index (χ1v) is 6.25. The molecule has 1 aromatic carbocycles. The monoisotopic (exact) mass is 337 g/mol. The summed E-state index contributed by atoms with van der Waals surface area (Å²) in [6, 6.07) is 4.55. The van der Waals surface area contributed by atoms with E-state index in [1.165, 1.54) is 12.1 Å². The molecular formula is C11H13BrClNO4. The van der Waals surface area contributed by atoms with Crippen LogP contribution < -0.4 is 5.32 Å². The van der Waals surface area contributed by atoms with Gasteiger partial charge in [-0.25, -0.2) is 0 Å². The van der Waals surface area contributed by atoms with Gasteiger partial charge in [0, 0.05) is 10.0 Å². The first kappa shape index (κ1) is 15.4. The highest BCUT2D eigenvalue weighted by atomic mass is 79.9. The van der Waals surface area contributed by atoms with Crippen molar-refractivity contribution in [2.24, 2.45) is 0 Å². The van der Waals surface area contributed by atoms with Crippen molar-refractivity contribution in [1.29, 1.82) is 0 Å². The Hall–Kier alpha value is -0.660. The second kappa shape index (κ2) is 6.49. The molecular weight excluding hydrogens is 325 g/mol. The summed E-state index contributed by atoms with van der Waals surface area (Å²) in [5.74, 6) is -0.524. The maximum absolute atomic E-state index is 11.9. The van der Waals surface area contributed by atoms with Gasteiger partial charge in [-0.2, -0.15) is 0 Å². The number of carbonyl (C=O) groups excluding carboxylic acids is 1. The van der Waals surface area contributed by atoms with E-state index in [4.69, 9.17) is 26.9 Å². The number of hydrogen-bond acceptors (Lipinski definition) is 4. The van der Waals surface area contributed by atoms with Gasteiger partial charge >= 0.3 is 0 Å². The number of carbonyl (C=O) groups is 1. The van der Waals surface area contributed by atoms with Crippen molar-refractivity contribution in [3.05, 3.63) is 33.3 Å². The molecule has 0 fully saturated rings. The van der Waals surface area contributed by atoms with Crippen molar-refractivity contribution < 1.29 is 20.1 Å². The first-order valence-electron chi connectivity index (χ1n) is 5.08. The highest BCUT2D eigenvalue weighted by Gasteiger charge is 2.30. The van der Waals surface area contributed by atoms with E-state index >= 15 is 0 Å². The standard InChI is InChI=1S/C11H13BrClNO4/c12-8-3-7(1-2-9(8)13)10(18)14-11(4-15,5-16)6-17/h1-3,15-17H,4-6H2,(H,14,18). The first-order chi connectivity index (χ1) is 8.48. The summed E-state index contributed by atoms with van der Waals surface area (Å²) in [7, 11) is 0. The Morgan fingerprint density at radius 2 is 1.83 bits per heavy atom. The zero-order valence-corrected chi connectivity index (χ0v) is 11.7. The third-order valence-corrected chi connectivity index (χ3v) is 3.68. The van der Waals surface area contributed by atoms with Crippen molar-refractivity contribution >= 4 is 33.4 Å². The fraction of sp³-hybridized carbons (Fsp3) is 0.364. The van der Waals surface area contributed by atoms with Gasteiger partial charge in [0.15, 0.2) is 0 Å². The average molecular weight is 339 g/mol. The van der Waals surface area contributed by atoms with Crippen molar-refractivity contribution in [2.75, 3.05) is 19.8 Å². The van der Waals surface area contributed by atoms with Gasteiger partial charge in [-0.05, 0) is 34.1 Å². The molecule has 0 aliphatic heterocycles. The van der Waals surface area contributed by atoms with Crippen LogP contribution in [0.3, 0.4) is 0 Å². The summed E-state index contributed by atoms with van der Waals surface area (Å²) >= 11 is 8.99. The number of halogens is 2. The molecule has 0 bridgehead atoms. The minimum absolute atomic E-state index is 0.297. The van der Waals surface area contributed by atoms with Crippen LogP contribution in [0.15, 0.2) is 22.7 Å². The van der Waals surface area contributed by atoms with Gasteiger partial charge in [0.1, 0.15) is 5.54 Å². The quantitative estimate of drug-likeness (QED) is 0.631. The number of hydrogen-bond donors (Lipinski definition) is 4. The van der Waals surface area contributed by atoms with Gasteiger partial charge in [0.05, 0.1) is 24.8 Å². The van der Waals surface area contributed by atoms with Crippen LogP contribution >= 0.6 is 27.5 Å². The van der Waals surface area contributed by atoms with E-state index in [9.17, 15) is 4.79 Å². The molecule has 100 valence electrons. The van der Waals surface area contributed by atoms with Crippen LogP contribution in [0.4, 0.5) is 0 Å². The van der Waals surface area contributed by atoms with Crippen LogP contribution in [0.2, 0.25) is 5.02 Å².